The van der Waals surface area contributed by atoms with Crippen molar-refractivity contribution in [3.05, 3.63) is 35.6 Å². The number of halogens is 5. The van der Waals surface area contributed by atoms with Gasteiger partial charge in [-0.05, 0) is 31.0 Å². The molecule has 1 nitrogen and oxygen atoms in total. The standard InChI is InChI=1S/C12H14F5N/c1-8(18-7-12(16,17)11(14)15)6-9-2-4-10(13)5-3-9/h2-5,8,11,18H,6-7H2,1H3. The molecule has 1 N–H and O–H groups in total. The summed E-state index contributed by atoms with van der Waals surface area (Å²) in [6.07, 6.45) is -3.32. The quantitative estimate of drug-likeness (QED) is 0.780. The van der Waals surface area contributed by atoms with Crippen molar-refractivity contribution in [2.24, 2.45) is 0 Å². The topological polar surface area (TPSA) is 12.0 Å². The lowest BCUT2D eigenvalue weighted by molar-refractivity contribution is -0.126. The molecule has 0 aliphatic rings. The fraction of sp³-hybridized carbons (Fsp3) is 0.500. The fourth-order valence-electron chi connectivity index (χ4n) is 1.43. The van der Waals surface area contributed by atoms with Gasteiger partial charge in [-0.25, -0.2) is 13.2 Å². The van der Waals surface area contributed by atoms with Crippen molar-refractivity contribution in [2.75, 3.05) is 6.54 Å². The van der Waals surface area contributed by atoms with Crippen molar-refractivity contribution in [1.29, 1.82) is 0 Å². The third kappa shape index (κ3) is 4.60. The molecule has 0 amide bonds. The van der Waals surface area contributed by atoms with E-state index in [4.69, 9.17) is 0 Å². The highest BCUT2D eigenvalue weighted by Gasteiger charge is 2.40. The molecule has 1 atom stereocenters. The van der Waals surface area contributed by atoms with Gasteiger partial charge < -0.3 is 5.32 Å². The summed E-state index contributed by atoms with van der Waals surface area (Å²) in [5, 5.41) is 2.34. The normalized spacial score (nSPS) is 13.9. The molecule has 1 aromatic carbocycles. The Morgan fingerprint density at radius 1 is 1.17 bits per heavy atom. The highest BCUT2D eigenvalue weighted by atomic mass is 19.3. The lowest BCUT2D eigenvalue weighted by Crippen LogP contribution is -2.42. The summed E-state index contributed by atoms with van der Waals surface area (Å²) in [6, 6.07) is 5.17. The first-order valence-electron chi connectivity index (χ1n) is 5.45. The van der Waals surface area contributed by atoms with Gasteiger partial charge in [0.05, 0.1) is 6.54 Å². The van der Waals surface area contributed by atoms with E-state index in [1.165, 1.54) is 24.3 Å². The molecule has 0 heterocycles. The second-order valence-electron chi connectivity index (χ2n) is 4.17. The summed E-state index contributed by atoms with van der Waals surface area (Å²) in [5.74, 6) is -4.42. The van der Waals surface area contributed by atoms with E-state index < -0.39 is 24.9 Å². The summed E-state index contributed by atoms with van der Waals surface area (Å²) in [5.41, 5.74) is 0.747. The molecule has 18 heavy (non-hydrogen) atoms. The third-order valence-corrected chi connectivity index (χ3v) is 2.46. The zero-order chi connectivity index (χ0) is 13.8. The van der Waals surface area contributed by atoms with Crippen molar-refractivity contribution >= 4 is 0 Å². The van der Waals surface area contributed by atoms with Crippen LogP contribution in [0.15, 0.2) is 24.3 Å². The van der Waals surface area contributed by atoms with Gasteiger partial charge in [0.25, 0.3) is 0 Å². The molecule has 0 fully saturated rings. The van der Waals surface area contributed by atoms with Crippen molar-refractivity contribution < 1.29 is 22.0 Å². The molecule has 6 heteroatoms. The van der Waals surface area contributed by atoms with E-state index in [1.807, 2.05) is 0 Å². The van der Waals surface area contributed by atoms with Crippen LogP contribution in [0, 0.1) is 5.82 Å². The number of alkyl halides is 4. The lowest BCUT2D eigenvalue weighted by Gasteiger charge is -2.19. The van der Waals surface area contributed by atoms with E-state index in [2.05, 4.69) is 5.32 Å². The van der Waals surface area contributed by atoms with Gasteiger partial charge in [-0.2, -0.15) is 8.78 Å². The molecule has 0 radical (unpaired) electrons. The van der Waals surface area contributed by atoms with Gasteiger partial charge in [0.15, 0.2) is 0 Å². The molecule has 0 bridgehead atoms. The molecule has 102 valence electrons. The molecule has 0 aromatic heterocycles. The number of hydrogen-bond acceptors (Lipinski definition) is 1. The van der Waals surface area contributed by atoms with Crippen LogP contribution in [-0.2, 0) is 6.42 Å². The van der Waals surface area contributed by atoms with E-state index in [-0.39, 0.29) is 5.82 Å². The number of hydrogen-bond donors (Lipinski definition) is 1. The molecule has 0 saturated carbocycles. The zero-order valence-electron chi connectivity index (χ0n) is 9.77. The lowest BCUT2D eigenvalue weighted by atomic mass is 10.1. The van der Waals surface area contributed by atoms with Crippen LogP contribution in [0.3, 0.4) is 0 Å². The molecule has 1 rings (SSSR count). The Morgan fingerprint density at radius 3 is 2.22 bits per heavy atom. The van der Waals surface area contributed by atoms with Crippen LogP contribution >= 0.6 is 0 Å². The summed E-state index contributed by atoms with van der Waals surface area (Å²) >= 11 is 0. The van der Waals surface area contributed by atoms with Gasteiger partial charge in [-0.15, -0.1) is 0 Å². The molecule has 0 aliphatic carbocycles. The first-order chi connectivity index (χ1) is 8.31. The van der Waals surface area contributed by atoms with Gasteiger partial charge in [0.2, 0.25) is 0 Å². The Balaban J connectivity index is 2.42. The van der Waals surface area contributed by atoms with Gasteiger partial charge in [0.1, 0.15) is 5.82 Å². The molecular formula is C12H14F5N. The van der Waals surface area contributed by atoms with Crippen LogP contribution in [0.5, 0.6) is 0 Å². The highest BCUT2D eigenvalue weighted by Crippen LogP contribution is 2.21. The van der Waals surface area contributed by atoms with Crippen molar-refractivity contribution in [2.45, 2.75) is 31.7 Å². The number of nitrogens with one attached hydrogen (secondary N) is 1. The maximum absolute atomic E-state index is 12.6. The van der Waals surface area contributed by atoms with E-state index in [0.717, 1.165) is 5.56 Å². The maximum Gasteiger partial charge on any atom is 0.319 e. The van der Waals surface area contributed by atoms with Crippen LogP contribution in [-0.4, -0.2) is 24.9 Å². The van der Waals surface area contributed by atoms with E-state index in [1.54, 1.807) is 6.92 Å². The Kier molecular flexibility index (Phi) is 5.07. The van der Waals surface area contributed by atoms with Gasteiger partial charge in [-0.1, -0.05) is 12.1 Å². The Labute approximate surface area is 102 Å². The molecule has 0 aliphatic heterocycles. The summed E-state index contributed by atoms with van der Waals surface area (Å²) in [4.78, 5) is 0. The van der Waals surface area contributed by atoms with E-state index in [9.17, 15) is 22.0 Å². The van der Waals surface area contributed by atoms with Gasteiger partial charge >= 0.3 is 12.3 Å². The van der Waals surface area contributed by atoms with Crippen LogP contribution in [0.1, 0.15) is 12.5 Å². The predicted molar refractivity (Wildman–Crippen MR) is 58.5 cm³/mol. The molecule has 0 spiro atoms. The highest BCUT2D eigenvalue weighted by molar-refractivity contribution is 5.17. The SMILES string of the molecule is CC(Cc1ccc(F)cc1)NCC(F)(F)C(F)F. The van der Waals surface area contributed by atoms with Crippen molar-refractivity contribution in [3.63, 3.8) is 0 Å². The number of rotatable bonds is 6. The van der Waals surface area contributed by atoms with E-state index >= 15 is 0 Å². The average Bonchev–Trinajstić information content (AvgIpc) is 2.29. The predicted octanol–water partition coefficient (Wildman–Crippen LogP) is 3.25. The van der Waals surface area contributed by atoms with Crippen molar-refractivity contribution in [1.82, 2.24) is 5.32 Å². The second kappa shape index (κ2) is 6.13. The smallest absolute Gasteiger partial charge is 0.308 e. The second-order valence-corrected chi connectivity index (χ2v) is 4.17. The minimum atomic E-state index is -4.03. The van der Waals surface area contributed by atoms with Crippen molar-refractivity contribution in [3.8, 4) is 0 Å². The van der Waals surface area contributed by atoms with Gasteiger partial charge in [-0.3, -0.25) is 0 Å². The maximum atomic E-state index is 12.6. The summed E-state index contributed by atoms with van der Waals surface area (Å²) in [6.45, 7) is 0.526. The first kappa shape index (κ1) is 14.9. The Hall–Kier alpha value is -1.17. The Bertz CT molecular complexity index is 363. The van der Waals surface area contributed by atoms with Crippen LogP contribution in [0.2, 0.25) is 0 Å². The largest absolute Gasteiger partial charge is 0.319 e. The van der Waals surface area contributed by atoms with Gasteiger partial charge in [0, 0.05) is 6.04 Å². The monoisotopic (exact) mass is 267 g/mol. The zero-order valence-corrected chi connectivity index (χ0v) is 9.77. The summed E-state index contributed by atoms with van der Waals surface area (Å²) in [7, 11) is 0. The fourth-order valence-corrected chi connectivity index (χ4v) is 1.43. The molecule has 0 saturated heterocycles. The number of benzene rings is 1. The molecular weight excluding hydrogens is 253 g/mol. The first-order valence-corrected chi connectivity index (χ1v) is 5.45. The minimum Gasteiger partial charge on any atom is -0.308 e. The van der Waals surface area contributed by atoms with Crippen LogP contribution < -0.4 is 5.32 Å². The molecule has 1 aromatic rings. The van der Waals surface area contributed by atoms with Crippen LogP contribution in [0.4, 0.5) is 22.0 Å². The minimum absolute atomic E-state index is 0.361. The average molecular weight is 267 g/mol. The summed E-state index contributed by atoms with van der Waals surface area (Å²) < 4.78 is 61.7. The van der Waals surface area contributed by atoms with Crippen LogP contribution in [0.25, 0.3) is 0 Å². The Morgan fingerprint density at radius 2 is 1.72 bits per heavy atom. The van der Waals surface area contributed by atoms with E-state index in [0.29, 0.717) is 6.42 Å². The molecule has 1 unspecified atom stereocenters. The third-order valence-electron chi connectivity index (χ3n) is 2.46.